The van der Waals surface area contributed by atoms with E-state index < -0.39 is 0 Å². The molecule has 1 aromatic heterocycles. The van der Waals surface area contributed by atoms with Gasteiger partial charge in [-0.1, -0.05) is 11.6 Å². The zero-order valence-corrected chi connectivity index (χ0v) is 6.61. The minimum absolute atomic E-state index is 0.427. The predicted octanol–water partition coefficient (Wildman–Crippen LogP) is 1.48. The molecule has 0 radical (unpaired) electrons. The van der Waals surface area contributed by atoms with Crippen LogP contribution in [0.2, 0.25) is 5.15 Å². The van der Waals surface area contributed by atoms with Gasteiger partial charge >= 0.3 is 0 Å². The van der Waals surface area contributed by atoms with E-state index in [1.165, 1.54) is 0 Å². The van der Waals surface area contributed by atoms with Crippen molar-refractivity contribution >= 4 is 17.4 Å². The van der Waals surface area contributed by atoms with Crippen molar-refractivity contribution in [2.24, 2.45) is 0 Å². The quantitative estimate of drug-likeness (QED) is 0.671. The van der Waals surface area contributed by atoms with Crippen LogP contribution < -0.4 is 5.32 Å². The van der Waals surface area contributed by atoms with Gasteiger partial charge in [-0.2, -0.15) is 0 Å². The molecule has 0 fully saturated rings. The third kappa shape index (κ3) is 1.36. The second-order valence-corrected chi connectivity index (χ2v) is 2.34. The highest BCUT2D eigenvalue weighted by molar-refractivity contribution is 6.29. The summed E-state index contributed by atoms with van der Waals surface area (Å²) < 4.78 is 0. The van der Waals surface area contributed by atoms with E-state index in [9.17, 15) is 0 Å². The van der Waals surface area contributed by atoms with Crippen molar-refractivity contribution in [3.8, 4) is 0 Å². The zero-order valence-electron chi connectivity index (χ0n) is 5.85. The molecule has 0 aromatic carbocycles. The number of halogens is 1. The largest absolute Gasteiger partial charge is 0.371 e. The van der Waals surface area contributed by atoms with Crippen LogP contribution in [-0.4, -0.2) is 17.2 Å². The zero-order chi connectivity index (χ0) is 7.56. The van der Waals surface area contributed by atoms with Gasteiger partial charge in [-0.25, -0.2) is 0 Å². The maximum Gasteiger partial charge on any atom is 0.152 e. The van der Waals surface area contributed by atoms with Crippen LogP contribution in [-0.2, 0) is 0 Å². The third-order valence-electron chi connectivity index (χ3n) is 1.19. The summed E-state index contributed by atoms with van der Waals surface area (Å²) in [6.07, 6.45) is 0. The van der Waals surface area contributed by atoms with Gasteiger partial charge < -0.3 is 5.32 Å². The summed E-state index contributed by atoms with van der Waals surface area (Å²) in [5.41, 5.74) is 1.00. The van der Waals surface area contributed by atoms with E-state index in [0.29, 0.717) is 5.15 Å². The van der Waals surface area contributed by atoms with Crippen LogP contribution in [0.4, 0.5) is 5.82 Å². The number of aryl methyl sites for hydroxylation is 1. The van der Waals surface area contributed by atoms with E-state index in [0.717, 1.165) is 11.4 Å². The third-order valence-corrected chi connectivity index (χ3v) is 1.38. The lowest BCUT2D eigenvalue weighted by Crippen LogP contribution is -1.96. The summed E-state index contributed by atoms with van der Waals surface area (Å²) in [7, 11) is 1.80. The van der Waals surface area contributed by atoms with Crippen molar-refractivity contribution in [2.75, 3.05) is 12.4 Å². The Morgan fingerprint density at radius 3 is 2.70 bits per heavy atom. The highest BCUT2D eigenvalue weighted by Gasteiger charge is 1.97. The van der Waals surface area contributed by atoms with Crippen LogP contribution in [0.1, 0.15) is 5.56 Å². The van der Waals surface area contributed by atoms with E-state index in [2.05, 4.69) is 15.5 Å². The summed E-state index contributed by atoms with van der Waals surface area (Å²) in [4.78, 5) is 0. The first-order valence-electron chi connectivity index (χ1n) is 2.91. The number of anilines is 1. The molecule has 0 aliphatic carbocycles. The summed E-state index contributed by atoms with van der Waals surface area (Å²) in [5.74, 6) is 0.768. The second kappa shape index (κ2) is 2.84. The second-order valence-electron chi connectivity index (χ2n) is 1.95. The monoisotopic (exact) mass is 157 g/mol. The average Bonchev–Trinajstić information content (AvgIpc) is 1.88. The Kier molecular flexibility index (Phi) is 2.06. The molecular formula is C6H8ClN3. The molecule has 0 atom stereocenters. The molecule has 0 unspecified atom stereocenters. The highest BCUT2D eigenvalue weighted by atomic mass is 35.5. The van der Waals surface area contributed by atoms with Crippen molar-refractivity contribution in [1.82, 2.24) is 10.2 Å². The number of nitrogens with zero attached hydrogens (tertiary/aromatic N) is 2. The van der Waals surface area contributed by atoms with Crippen LogP contribution in [0.15, 0.2) is 6.07 Å². The summed E-state index contributed by atoms with van der Waals surface area (Å²) in [5, 5.41) is 10.8. The van der Waals surface area contributed by atoms with E-state index in [1.54, 1.807) is 13.1 Å². The van der Waals surface area contributed by atoms with Gasteiger partial charge in [-0.05, 0) is 18.6 Å². The molecule has 1 heterocycles. The molecule has 4 heteroatoms. The molecule has 3 nitrogen and oxygen atoms in total. The molecule has 0 amide bonds. The first kappa shape index (κ1) is 7.28. The minimum Gasteiger partial charge on any atom is -0.371 e. The molecule has 54 valence electrons. The Balaban J connectivity index is 3.07. The van der Waals surface area contributed by atoms with Gasteiger partial charge in [0.05, 0.1) is 0 Å². The molecule has 1 rings (SSSR count). The molecule has 0 spiro atoms. The topological polar surface area (TPSA) is 37.8 Å². The molecule has 0 aliphatic rings. The van der Waals surface area contributed by atoms with Gasteiger partial charge in [0.25, 0.3) is 0 Å². The van der Waals surface area contributed by atoms with E-state index >= 15 is 0 Å². The Bertz CT molecular complexity index is 236. The lowest BCUT2D eigenvalue weighted by molar-refractivity contribution is 1.02. The summed E-state index contributed by atoms with van der Waals surface area (Å²) in [6.45, 7) is 1.92. The lowest BCUT2D eigenvalue weighted by atomic mass is 10.3. The SMILES string of the molecule is CNc1nnc(Cl)cc1C. The first-order chi connectivity index (χ1) is 4.74. The molecular weight excluding hydrogens is 150 g/mol. The molecule has 0 bridgehead atoms. The van der Waals surface area contributed by atoms with Crippen molar-refractivity contribution in [1.29, 1.82) is 0 Å². The maximum absolute atomic E-state index is 5.57. The van der Waals surface area contributed by atoms with Crippen LogP contribution in [0.3, 0.4) is 0 Å². The number of nitrogens with one attached hydrogen (secondary N) is 1. The molecule has 0 aliphatic heterocycles. The maximum atomic E-state index is 5.57. The van der Waals surface area contributed by atoms with E-state index in [1.807, 2.05) is 6.92 Å². The number of aromatic nitrogens is 2. The molecule has 10 heavy (non-hydrogen) atoms. The van der Waals surface area contributed by atoms with Crippen LogP contribution in [0.5, 0.6) is 0 Å². The molecule has 1 aromatic rings. The van der Waals surface area contributed by atoms with Gasteiger partial charge in [0.2, 0.25) is 0 Å². The number of hydrogen-bond donors (Lipinski definition) is 1. The fourth-order valence-electron chi connectivity index (χ4n) is 0.700. The van der Waals surface area contributed by atoms with Gasteiger partial charge in [-0.15, -0.1) is 10.2 Å². The number of rotatable bonds is 1. The smallest absolute Gasteiger partial charge is 0.152 e. The van der Waals surface area contributed by atoms with Crippen molar-refractivity contribution in [3.63, 3.8) is 0 Å². The predicted molar refractivity (Wildman–Crippen MR) is 41.3 cm³/mol. The lowest BCUT2D eigenvalue weighted by Gasteiger charge is -2.00. The molecule has 0 saturated heterocycles. The van der Waals surface area contributed by atoms with E-state index in [4.69, 9.17) is 11.6 Å². The minimum atomic E-state index is 0.427. The fraction of sp³-hybridized carbons (Fsp3) is 0.333. The average molecular weight is 158 g/mol. The highest BCUT2D eigenvalue weighted by Crippen LogP contribution is 2.12. The van der Waals surface area contributed by atoms with Crippen LogP contribution >= 0.6 is 11.6 Å². The van der Waals surface area contributed by atoms with Crippen LogP contribution in [0, 0.1) is 6.92 Å². The Morgan fingerprint density at radius 2 is 2.20 bits per heavy atom. The van der Waals surface area contributed by atoms with Crippen molar-refractivity contribution in [3.05, 3.63) is 16.8 Å². The Hall–Kier alpha value is -0.830. The summed E-state index contributed by atoms with van der Waals surface area (Å²) in [6, 6.07) is 1.76. The van der Waals surface area contributed by atoms with Crippen molar-refractivity contribution < 1.29 is 0 Å². The summed E-state index contributed by atoms with van der Waals surface area (Å²) >= 11 is 5.57. The number of hydrogen-bond acceptors (Lipinski definition) is 3. The van der Waals surface area contributed by atoms with Crippen LogP contribution in [0.25, 0.3) is 0 Å². The standard InChI is InChI=1S/C6H8ClN3/c1-4-3-5(7)9-10-6(4)8-2/h3H,1-2H3,(H,8,10). The van der Waals surface area contributed by atoms with Crippen molar-refractivity contribution in [2.45, 2.75) is 6.92 Å². The first-order valence-corrected chi connectivity index (χ1v) is 3.29. The van der Waals surface area contributed by atoms with Gasteiger partial charge in [0.15, 0.2) is 11.0 Å². The molecule has 1 N–H and O–H groups in total. The van der Waals surface area contributed by atoms with Gasteiger partial charge in [0, 0.05) is 7.05 Å². The van der Waals surface area contributed by atoms with E-state index in [-0.39, 0.29) is 0 Å². The molecule has 0 saturated carbocycles. The van der Waals surface area contributed by atoms with Gasteiger partial charge in [0.1, 0.15) is 0 Å². The Labute approximate surface area is 64.4 Å². The normalized spacial score (nSPS) is 9.50. The Morgan fingerprint density at radius 1 is 1.50 bits per heavy atom. The van der Waals surface area contributed by atoms with Gasteiger partial charge in [-0.3, -0.25) is 0 Å². The fourth-order valence-corrected chi connectivity index (χ4v) is 0.901.